The summed E-state index contributed by atoms with van der Waals surface area (Å²) in [7, 11) is 0. The third kappa shape index (κ3) is 8.03. The molecule has 21 heavy (non-hydrogen) atoms. The Morgan fingerprint density at radius 2 is 2.05 bits per heavy atom. The molecule has 0 aromatic heterocycles. The lowest BCUT2D eigenvalue weighted by Gasteiger charge is -2.30. The average Bonchev–Trinajstić information content (AvgIpc) is 2.42. The summed E-state index contributed by atoms with van der Waals surface area (Å²) in [6.07, 6.45) is 5.43. The lowest BCUT2D eigenvalue weighted by atomic mass is 9.88. The summed E-state index contributed by atoms with van der Waals surface area (Å²) in [5.74, 6) is 0.763. The first-order chi connectivity index (χ1) is 9.56. The van der Waals surface area contributed by atoms with Crippen LogP contribution in [0.2, 0.25) is 0 Å². The van der Waals surface area contributed by atoms with Crippen LogP contribution in [-0.2, 0) is 9.53 Å². The van der Waals surface area contributed by atoms with E-state index in [-0.39, 0.29) is 30.5 Å². The van der Waals surface area contributed by atoms with Crippen molar-refractivity contribution in [2.75, 3.05) is 13.1 Å². The van der Waals surface area contributed by atoms with E-state index in [1.807, 2.05) is 6.92 Å². The molecule has 4 nitrogen and oxygen atoms in total. The van der Waals surface area contributed by atoms with Gasteiger partial charge in [0.2, 0.25) is 5.91 Å². The van der Waals surface area contributed by atoms with Crippen LogP contribution in [0.15, 0.2) is 0 Å². The first-order valence-electron chi connectivity index (χ1n) is 8.23. The number of carbonyl (C=O) groups is 1. The average molecular weight is 321 g/mol. The predicted octanol–water partition coefficient (Wildman–Crippen LogP) is 2.90. The van der Waals surface area contributed by atoms with Crippen LogP contribution in [0, 0.1) is 5.92 Å². The van der Waals surface area contributed by atoms with E-state index in [0.29, 0.717) is 12.6 Å². The molecule has 0 spiro atoms. The summed E-state index contributed by atoms with van der Waals surface area (Å²) in [4.78, 5) is 12.2. The highest BCUT2D eigenvalue weighted by Gasteiger charge is 2.25. The van der Waals surface area contributed by atoms with Crippen molar-refractivity contribution in [2.45, 2.75) is 78.0 Å². The molecular formula is C16H33ClN2O2. The molecule has 1 fully saturated rings. The number of hydrogen-bond donors (Lipinski definition) is 2. The minimum absolute atomic E-state index is 0. The van der Waals surface area contributed by atoms with E-state index >= 15 is 0 Å². The Bertz CT molecular complexity index is 289. The Kier molecular flexibility index (Phi) is 11.1. The van der Waals surface area contributed by atoms with Crippen LogP contribution in [-0.4, -0.2) is 37.2 Å². The molecular weight excluding hydrogens is 288 g/mol. The fraction of sp³-hybridized carbons (Fsp3) is 0.938. The summed E-state index contributed by atoms with van der Waals surface area (Å²) in [5, 5.41) is 6.28. The lowest BCUT2D eigenvalue weighted by molar-refractivity contribution is -0.139. The fourth-order valence-electron chi connectivity index (χ4n) is 2.87. The van der Waals surface area contributed by atoms with Gasteiger partial charge in [-0.15, -0.1) is 12.4 Å². The van der Waals surface area contributed by atoms with Crippen molar-refractivity contribution in [1.29, 1.82) is 0 Å². The van der Waals surface area contributed by atoms with E-state index in [1.54, 1.807) is 0 Å². The van der Waals surface area contributed by atoms with Gasteiger partial charge in [0.05, 0.1) is 6.10 Å². The van der Waals surface area contributed by atoms with Gasteiger partial charge in [0, 0.05) is 12.6 Å². The molecule has 1 aliphatic carbocycles. The molecule has 0 radical (unpaired) electrons. The van der Waals surface area contributed by atoms with Crippen molar-refractivity contribution in [2.24, 2.45) is 5.92 Å². The van der Waals surface area contributed by atoms with E-state index in [9.17, 15) is 4.79 Å². The molecule has 126 valence electrons. The van der Waals surface area contributed by atoms with Crippen molar-refractivity contribution >= 4 is 18.3 Å². The van der Waals surface area contributed by atoms with Crippen LogP contribution in [0.4, 0.5) is 0 Å². The number of hydrogen-bond acceptors (Lipinski definition) is 3. The van der Waals surface area contributed by atoms with Crippen molar-refractivity contribution < 1.29 is 9.53 Å². The molecule has 0 aromatic rings. The Balaban J connectivity index is 0.00000400. The summed E-state index contributed by atoms with van der Waals surface area (Å²) in [5.41, 5.74) is 0. The number of amides is 1. The SMILES string of the molecule is CCN[C@H](C)CNC(=O)C(CC)OC1CCCC(C)C1.Cl. The minimum Gasteiger partial charge on any atom is -0.365 e. The van der Waals surface area contributed by atoms with Gasteiger partial charge in [-0.3, -0.25) is 4.79 Å². The number of nitrogens with one attached hydrogen (secondary N) is 2. The highest BCUT2D eigenvalue weighted by molar-refractivity contribution is 5.85. The van der Waals surface area contributed by atoms with Gasteiger partial charge in [0.25, 0.3) is 0 Å². The van der Waals surface area contributed by atoms with Crippen molar-refractivity contribution in [3.8, 4) is 0 Å². The van der Waals surface area contributed by atoms with Crippen LogP contribution in [0.1, 0.15) is 59.8 Å². The molecule has 1 saturated carbocycles. The maximum Gasteiger partial charge on any atom is 0.249 e. The molecule has 2 N–H and O–H groups in total. The second kappa shape index (κ2) is 11.3. The van der Waals surface area contributed by atoms with Crippen molar-refractivity contribution in [3.05, 3.63) is 0 Å². The van der Waals surface area contributed by atoms with Gasteiger partial charge in [-0.05, 0) is 38.6 Å². The summed E-state index contributed by atoms with van der Waals surface area (Å²) < 4.78 is 6.03. The lowest BCUT2D eigenvalue weighted by Crippen LogP contribution is -2.44. The van der Waals surface area contributed by atoms with E-state index < -0.39 is 0 Å². The van der Waals surface area contributed by atoms with Crippen LogP contribution >= 0.6 is 12.4 Å². The zero-order valence-corrected chi connectivity index (χ0v) is 14.8. The molecule has 3 unspecified atom stereocenters. The molecule has 1 amide bonds. The van der Waals surface area contributed by atoms with Crippen LogP contribution < -0.4 is 10.6 Å². The Hall–Kier alpha value is -0.320. The third-order valence-corrected chi connectivity index (χ3v) is 4.04. The molecule has 1 rings (SSSR count). The van der Waals surface area contributed by atoms with E-state index in [4.69, 9.17) is 4.74 Å². The topological polar surface area (TPSA) is 50.4 Å². The van der Waals surface area contributed by atoms with Gasteiger partial charge in [-0.25, -0.2) is 0 Å². The highest BCUT2D eigenvalue weighted by atomic mass is 35.5. The third-order valence-electron chi connectivity index (χ3n) is 4.04. The predicted molar refractivity (Wildman–Crippen MR) is 90.0 cm³/mol. The molecule has 4 atom stereocenters. The molecule has 1 aliphatic rings. The van der Waals surface area contributed by atoms with Crippen molar-refractivity contribution in [1.82, 2.24) is 10.6 Å². The quantitative estimate of drug-likeness (QED) is 0.723. The smallest absolute Gasteiger partial charge is 0.249 e. The van der Waals surface area contributed by atoms with Gasteiger partial charge in [0.1, 0.15) is 6.10 Å². The maximum atomic E-state index is 12.2. The number of ether oxygens (including phenoxy) is 1. The Morgan fingerprint density at radius 3 is 2.62 bits per heavy atom. The Morgan fingerprint density at radius 1 is 1.33 bits per heavy atom. The molecule has 0 saturated heterocycles. The van der Waals surface area contributed by atoms with Gasteiger partial charge in [0.15, 0.2) is 0 Å². The standard InChI is InChI=1S/C16H32N2O2.ClH/c1-5-15(16(19)18-11-13(4)17-6-2)20-14-9-7-8-12(3)10-14;/h12-15,17H,5-11H2,1-4H3,(H,18,19);1H/t12?,13-,14?,15?;/m1./s1. The van der Waals surface area contributed by atoms with E-state index in [1.165, 1.54) is 12.8 Å². The second-order valence-corrected chi connectivity index (χ2v) is 6.13. The fourth-order valence-corrected chi connectivity index (χ4v) is 2.87. The highest BCUT2D eigenvalue weighted by Crippen LogP contribution is 2.26. The van der Waals surface area contributed by atoms with Gasteiger partial charge >= 0.3 is 0 Å². The minimum atomic E-state index is -0.292. The van der Waals surface area contributed by atoms with Crippen molar-refractivity contribution in [3.63, 3.8) is 0 Å². The Labute approximate surface area is 136 Å². The van der Waals surface area contributed by atoms with Gasteiger partial charge < -0.3 is 15.4 Å². The summed E-state index contributed by atoms with van der Waals surface area (Å²) >= 11 is 0. The zero-order valence-electron chi connectivity index (χ0n) is 14.0. The second-order valence-electron chi connectivity index (χ2n) is 6.13. The first-order valence-corrected chi connectivity index (χ1v) is 8.23. The van der Waals surface area contributed by atoms with Gasteiger partial charge in [-0.1, -0.05) is 33.6 Å². The van der Waals surface area contributed by atoms with Crippen LogP contribution in [0.5, 0.6) is 0 Å². The molecule has 0 bridgehead atoms. The van der Waals surface area contributed by atoms with Crippen LogP contribution in [0.25, 0.3) is 0 Å². The number of likely N-dealkylation sites (N-methyl/N-ethyl adjacent to an activating group) is 1. The summed E-state index contributed by atoms with van der Waals surface area (Å²) in [6.45, 7) is 10.0. The largest absolute Gasteiger partial charge is 0.365 e. The number of rotatable bonds is 8. The van der Waals surface area contributed by atoms with E-state index in [0.717, 1.165) is 31.7 Å². The molecule has 0 aliphatic heterocycles. The monoisotopic (exact) mass is 320 g/mol. The van der Waals surface area contributed by atoms with Gasteiger partial charge in [-0.2, -0.15) is 0 Å². The number of carbonyl (C=O) groups excluding carboxylic acids is 1. The van der Waals surface area contributed by atoms with Crippen LogP contribution in [0.3, 0.4) is 0 Å². The molecule has 5 heteroatoms. The van der Waals surface area contributed by atoms with E-state index in [2.05, 4.69) is 31.4 Å². The first kappa shape index (κ1) is 20.7. The number of halogens is 1. The molecule has 0 aromatic carbocycles. The molecule has 0 heterocycles. The maximum absolute atomic E-state index is 12.2. The normalized spacial score (nSPS) is 24.8. The zero-order chi connectivity index (χ0) is 15.0. The summed E-state index contributed by atoms with van der Waals surface area (Å²) in [6, 6.07) is 0.302.